The molecule has 0 aromatic heterocycles. The van der Waals surface area contributed by atoms with Gasteiger partial charge in [0.25, 0.3) is 0 Å². The van der Waals surface area contributed by atoms with Gasteiger partial charge >= 0.3 is 0 Å². The third-order valence-corrected chi connectivity index (χ3v) is 2.39. The zero-order valence-corrected chi connectivity index (χ0v) is 11.4. The number of nitriles is 1. The summed E-state index contributed by atoms with van der Waals surface area (Å²) >= 11 is 0. The van der Waals surface area contributed by atoms with Crippen LogP contribution in [0.2, 0.25) is 0 Å². The Hall–Kier alpha value is -1.70. The molecule has 19 heavy (non-hydrogen) atoms. The first-order chi connectivity index (χ1) is 9.13. The van der Waals surface area contributed by atoms with Crippen molar-refractivity contribution in [3.05, 3.63) is 35.4 Å². The van der Waals surface area contributed by atoms with Gasteiger partial charge in [0, 0.05) is 12.2 Å². The molecule has 1 aromatic carbocycles. The summed E-state index contributed by atoms with van der Waals surface area (Å²) in [6.07, 6.45) is 0. The Labute approximate surface area is 113 Å². The zero-order valence-electron chi connectivity index (χ0n) is 11.4. The third-order valence-electron chi connectivity index (χ3n) is 2.39. The lowest BCUT2D eigenvalue weighted by atomic mass is 10.1. The summed E-state index contributed by atoms with van der Waals surface area (Å²) in [5, 5.41) is 8.66. The summed E-state index contributed by atoms with van der Waals surface area (Å²) < 4.78 is 10.6. The molecule has 4 heteroatoms. The number of rotatable bonds is 8. The first-order valence-electron chi connectivity index (χ1n) is 6.32. The maximum atomic E-state index is 11.7. The van der Waals surface area contributed by atoms with Crippen LogP contribution >= 0.6 is 0 Å². The molecule has 0 spiro atoms. The van der Waals surface area contributed by atoms with Gasteiger partial charge in [0.15, 0.2) is 5.78 Å². The second-order valence-electron chi connectivity index (χ2n) is 4.63. The van der Waals surface area contributed by atoms with Crippen molar-refractivity contribution in [3.8, 4) is 6.07 Å². The van der Waals surface area contributed by atoms with E-state index in [-0.39, 0.29) is 12.4 Å². The van der Waals surface area contributed by atoms with Crippen molar-refractivity contribution in [2.24, 2.45) is 5.92 Å². The molecule has 102 valence electrons. The molecule has 0 atom stereocenters. The van der Waals surface area contributed by atoms with Gasteiger partial charge in [-0.2, -0.15) is 5.26 Å². The molecule has 0 saturated heterocycles. The SMILES string of the molecule is CC(C)COCCOCC(=O)c1ccc(C#N)cc1. The minimum absolute atomic E-state index is 0.0386. The molecule has 1 rings (SSSR count). The number of carbonyl (C=O) groups excluding carboxylic acids is 1. The van der Waals surface area contributed by atoms with E-state index in [0.29, 0.717) is 36.9 Å². The molecular formula is C15H19NO3. The van der Waals surface area contributed by atoms with Crippen molar-refractivity contribution in [3.63, 3.8) is 0 Å². The maximum Gasteiger partial charge on any atom is 0.188 e. The Balaban J connectivity index is 2.22. The number of ketones is 1. The van der Waals surface area contributed by atoms with Gasteiger partial charge in [-0.1, -0.05) is 26.0 Å². The van der Waals surface area contributed by atoms with Gasteiger partial charge in [-0.15, -0.1) is 0 Å². The van der Waals surface area contributed by atoms with E-state index in [1.165, 1.54) is 0 Å². The third kappa shape index (κ3) is 6.14. The van der Waals surface area contributed by atoms with E-state index >= 15 is 0 Å². The summed E-state index contributed by atoms with van der Waals surface area (Å²) in [7, 11) is 0. The van der Waals surface area contributed by atoms with Crippen molar-refractivity contribution in [1.29, 1.82) is 5.26 Å². The molecule has 0 aliphatic rings. The standard InChI is InChI=1S/C15H19NO3/c1-12(2)10-18-7-8-19-11-15(17)14-5-3-13(9-16)4-6-14/h3-6,12H,7-8,10-11H2,1-2H3. The highest BCUT2D eigenvalue weighted by atomic mass is 16.5. The summed E-state index contributed by atoms with van der Waals surface area (Å²) in [5.41, 5.74) is 1.10. The highest BCUT2D eigenvalue weighted by Gasteiger charge is 2.05. The number of hydrogen-bond acceptors (Lipinski definition) is 4. The molecule has 0 N–H and O–H groups in total. The van der Waals surface area contributed by atoms with Crippen LogP contribution in [0.1, 0.15) is 29.8 Å². The lowest BCUT2D eigenvalue weighted by Crippen LogP contribution is -2.13. The van der Waals surface area contributed by atoms with Crippen molar-refractivity contribution >= 4 is 5.78 Å². The number of ether oxygens (including phenoxy) is 2. The molecule has 0 radical (unpaired) electrons. The van der Waals surface area contributed by atoms with Crippen LogP contribution in [0.4, 0.5) is 0 Å². The number of benzene rings is 1. The van der Waals surface area contributed by atoms with Crippen molar-refractivity contribution in [2.45, 2.75) is 13.8 Å². The predicted molar refractivity (Wildman–Crippen MR) is 72.0 cm³/mol. The van der Waals surface area contributed by atoms with Crippen LogP contribution in [0, 0.1) is 17.2 Å². The van der Waals surface area contributed by atoms with Gasteiger partial charge in [-0.25, -0.2) is 0 Å². The van der Waals surface area contributed by atoms with Crippen LogP contribution in [-0.4, -0.2) is 32.2 Å². The van der Waals surface area contributed by atoms with E-state index in [1.807, 2.05) is 6.07 Å². The van der Waals surface area contributed by atoms with E-state index in [2.05, 4.69) is 13.8 Å². The smallest absolute Gasteiger partial charge is 0.188 e. The normalized spacial score (nSPS) is 10.4. The first-order valence-corrected chi connectivity index (χ1v) is 6.32. The van der Waals surface area contributed by atoms with Gasteiger partial charge in [0.05, 0.1) is 24.8 Å². The van der Waals surface area contributed by atoms with E-state index in [0.717, 1.165) is 0 Å². The highest BCUT2D eigenvalue weighted by Crippen LogP contribution is 2.04. The molecule has 0 amide bonds. The number of Topliss-reactive ketones (excluding diaryl/α,β-unsaturated/α-hetero) is 1. The Morgan fingerprint density at radius 2 is 1.84 bits per heavy atom. The minimum atomic E-state index is -0.0895. The van der Waals surface area contributed by atoms with Crippen LogP contribution in [0.15, 0.2) is 24.3 Å². The van der Waals surface area contributed by atoms with Crippen LogP contribution in [-0.2, 0) is 9.47 Å². The largest absolute Gasteiger partial charge is 0.379 e. The average molecular weight is 261 g/mol. The maximum absolute atomic E-state index is 11.7. The summed E-state index contributed by atoms with van der Waals surface area (Å²) in [6, 6.07) is 8.53. The Kier molecular flexibility index (Phi) is 6.80. The molecule has 0 fully saturated rings. The fourth-order valence-electron chi connectivity index (χ4n) is 1.42. The minimum Gasteiger partial charge on any atom is -0.379 e. The molecular weight excluding hydrogens is 242 g/mol. The molecule has 0 aliphatic heterocycles. The van der Waals surface area contributed by atoms with Crippen LogP contribution in [0.5, 0.6) is 0 Å². The second kappa shape index (κ2) is 8.41. The molecule has 0 heterocycles. The van der Waals surface area contributed by atoms with Gasteiger partial charge in [0.1, 0.15) is 6.61 Å². The quantitative estimate of drug-likeness (QED) is 0.532. The average Bonchev–Trinajstić information content (AvgIpc) is 2.42. The van der Waals surface area contributed by atoms with Crippen molar-refractivity contribution in [2.75, 3.05) is 26.4 Å². The predicted octanol–water partition coefficient (Wildman–Crippen LogP) is 2.43. The highest BCUT2D eigenvalue weighted by molar-refractivity contribution is 5.97. The molecule has 0 saturated carbocycles. The van der Waals surface area contributed by atoms with E-state index in [9.17, 15) is 4.79 Å². The van der Waals surface area contributed by atoms with Crippen LogP contribution < -0.4 is 0 Å². The van der Waals surface area contributed by atoms with E-state index in [1.54, 1.807) is 24.3 Å². The molecule has 4 nitrogen and oxygen atoms in total. The first kappa shape index (κ1) is 15.4. The molecule has 0 bridgehead atoms. The van der Waals surface area contributed by atoms with E-state index in [4.69, 9.17) is 14.7 Å². The van der Waals surface area contributed by atoms with Crippen LogP contribution in [0.25, 0.3) is 0 Å². The Morgan fingerprint density at radius 3 is 2.42 bits per heavy atom. The Morgan fingerprint density at radius 1 is 1.21 bits per heavy atom. The topological polar surface area (TPSA) is 59.3 Å². The van der Waals surface area contributed by atoms with Crippen molar-refractivity contribution < 1.29 is 14.3 Å². The zero-order chi connectivity index (χ0) is 14.1. The number of hydrogen-bond donors (Lipinski definition) is 0. The lowest BCUT2D eigenvalue weighted by Gasteiger charge is -2.07. The van der Waals surface area contributed by atoms with Gasteiger partial charge in [-0.3, -0.25) is 4.79 Å². The molecule has 0 aliphatic carbocycles. The molecule has 0 unspecified atom stereocenters. The van der Waals surface area contributed by atoms with Gasteiger partial charge < -0.3 is 9.47 Å². The molecule has 1 aromatic rings. The fourth-order valence-corrected chi connectivity index (χ4v) is 1.42. The Bertz CT molecular complexity index is 432. The monoisotopic (exact) mass is 261 g/mol. The van der Waals surface area contributed by atoms with Gasteiger partial charge in [-0.05, 0) is 18.1 Å². The second-order valence-corrected chi connectivity index (χ2v) is 4.63. The summed E-state index contributed by atoms with van der Waals surface area (Å²) in [6.45, 7) is 5.81. The van der Waals surface area contributed by atoms with E-state index < -0.39 is 0 Å². The number of nitrogens with zero attached hydrogens (tertiary/aromatic N) is 1. The number of carbonyl (C=O) groups is 1. The lowest BCUT2D eigenvalue weighted by molar-refractivity contribution is 0.0364. The summed E-state index contributed by atoms with van der Waals surface area (Å²) in [4.78, 5) is 11.7. The van der Waals surface area contributed by atoms with Crippen molar-refractivity contribution in [1.82, 2.24) is 0 Å². The van der Waals surface area contributed by atoms with Gasteiger partial charge in [0.2, 0.25) is 0 Å². The van der Waals surface area contributed by atoms with Crippen LogP contribution in [0.3, 0.4) is 0 Å². The summed E-state index contributed by atoms with van der Waals surface area (Å²) in [5.74, 6) is 0.411. The fraction of sp³-hybridized carbons (Fsp3) is 0.467.